The third-order valence-corrected chi connectivity index (χ3v) is 5.95. The molecule has 2 aliphatic rings. The predicted molar refractivity (Wildman–Crippen MR) is 114 cm³/mol. The van der Waals surface area contributed by atoms with Crippen LogP contribution in [0.2, 0.25) is 0 Å². The molecule has 2 aliphatic heterocycles. The number of anilines is 1. The molecule has 1 aromatic rings. The first-order valence-corrected chi connectivity index (χ1v) is 10.7. The molecule has 8 nitrogen and oxygen atoms in total. The van der Waals surface area contributed by atoms with Crippen LogP contribution in [0, 0.1) is 11.8 Å². The van der Waals surface area contributed by atoms with Gasteiger partial charge in [-0.2, -0.15) is 0 Å². The van der Waals surface area contributed by atoms with Gasteiger partial charge in [0.05, 0.1) is 23.9 Å². The number of nitrogens with one attached hydrogen (secondary N) is 2. The van der Waals surface area contributed by atoms with Gasteiger partial charge < -0.3 is 30.1 Å². The van der Waals surface area contributed by atoms with E-state index in [0.717, 1.165) is 0 Å². The molecule has 1 fully saturated rings. The molecule has 0 unspecified atom stereocenters. The molecule has 0 bridgehead atoms. The van der Waals surface area contributed by atoms with Gasteiger partial charge in [0, 0.05) is 38.1 Å². The van der Waals surface area contributed by atoms with Crippen LogP contribution in [0.25, 0.3) is 0 Å². The highest BCUT2D eigenvalue weighted by molar-refractivity contribution is 6.02. The van der Waals surface area contributed by atoms with Crippen LogP contribution in [0.15, 0.2) is 18.2 Å². The number of hydrogen-bond acceptors (Lipinski definition) is 6. The van der Waals surface area contributed by atoms with Crippen molar-refractivity contribution in [3.63, 3.8) is 0 Å². The fraction of sp³-hybridized carbons (Fsp3) is 0.636. The van der Waals surface area contributed by atoms with E-state index in [9.17, 15) is 14.7 Å². The average Bonchev–Trinajstić information content (AvgIpc) is 2.76. The lowest BCUT2D eigenvalue weighted by Crippen LogP contribution is -2.49. The molecule has 3 rings (SSSR count). The summed E-state index contributed by atoms with van der Waals surface area (Å²) in [6, 6.07) is 4.91. The van der Waals surface area contributed by atoms with Crippen LogP contribution in [-0.2, 0) is 9.53 Å². The molecule has 1 saturated heterocycles. The van der Waals surface area contributed by atoms with Gasteiger partial charge in [0.2, 0.25) is 5.91 Å². The fourth-order valence-corrected chi connectivity index (χ4v) is 3.98. The highest BCUT2D eigenvalue weighted by Crippen LogP contribution is 2.35. The van der Waals surface area contributed by atoms with Crippen LogP contribution < -0.4 is 15.4 Å². The van der Waals surface area contributed by atoms with Gasteiger partial charge in [-0.05, 0) is 38.9 Å². The summed E-state index contributed by atoms with van der Waals surface area (Å²) in [6.07, 6.45) is 1.17. The second-order valence-electron chi connectivity index (χ2n) is 8.24. The van der Waals surface area contributed by atoms with E-state index in [0.29, 0.717) is 56.1 Å². The fourth-order valence-electron chi connectivity index (χ4n) is 3.98. The molecule has 3 atom stereocenters. The van der Waals surface area contributed by atoms with E-state index in [2.05, 4.69) is 10.6 Å². The van der Waals surface area contributed by atoms with Crippen molar-refractivity contribution in [2.24, 2.45) is 11.8 Å². The minimum atomic E-state index is -0.318. The lowest BCUT2D eigenvalue weighted by atomic mass is 9.98. The Bertz CT molecular complexity index is 750. The van der Waals surface area contributed by atoms with Gasteiger partial charge in [-0.1, -0.05) is 13.0 Å². The van der Waals surface area contributed by atoms with Gasteiger partial charge in [0.25, 0.3) is 5.91 Å². The van der Waals surface area contributed by atoms with Crippen molar-refractivity contribution >= 4 is 17.5 Å². The number of likely N-dealkylation sites (N-methyl/N-ethyl adjacent to an activating group) is 1. The number of rotatable bonds is 6. The third kappa shape index (κ3) is 4.94. The maximum atomic E-state index is 13.3. The number of carbonyl (C=O) groups excluding carboxylic acids is 2. The van der Waals surface area contributed by atoms with Crippen LogP contribution in [0.3, 0.4) is 0 Å². The number of fused-ring (bicyclic) bond motifs is 1. The van der Waals surface area contributed by atoms with E-state index in [-0.39, 0.29) is 42.4 Å². The van der Waals surface area contributed by atoms with Crippen molar-refractivity contribution in [3.05, 3.63) is 23.8 Å². The molecule has 8 heteroatoms. The molecule has 0 aromatic heterocycles. The Kier molecular flexibility index (Phi) is 7.69. The van der Waals surface area contributed by atoms with Crippen LogP contribution in [0.5, 0.6) is 5.75 Å². The number of amides is 2. The smallest absolute Gasteiger partial charge is 0.258 e. The van der Waals surface area contributed by atoms with E-state index in [1.807, 2.05) is 20.9 Å². The van der Waals surface area contributed by atoms with E-state index in [1.165, 1.54) is 0 Å². The molecule has 30 heavy (non-hydrogen) atoms. The van der Waals surface area contributed by atoms with Crippen molar-refractivity contribution in [3.8, 4) is 5.75 Å². The maximum absolute atomic E-state index is 13.3. The topological polar surface area (TPSA) is 100 Å². The van der Waals surface area contributed by atoms with E-state index in [1.54, 1.807) is 23.1 Å². The number of ether oxygens (including phenoxy) is 2. The molecule has 0 radical (unpaired) electrons. The number of para-hydroxylation sites is 1. The molecule has 0 saturated carbocycles. The highest BCUT2D eigenvalue weighted by Gasteiger charge is 2.34. The van der Waals surface area contributed by atoms with Crippen LogP contribution in [0.4, 0.5) is 5.69 Å². The summed E-state index contributed by atoms with van der Waals surface area (Å²) in [5, 5.41) is 15.8. The Hall–Kier alpha value is -2.16. The van der Waals surface area contributed by atoms with Gasteiger partial charge in [0.1, 0.15) is 6.10 Å². The minimum Gasteiger partial charge on any atom is -0.486 e. The maximum Gasteiger partial charge on any atom is 0.258 e. The summed E-state index contributed by atoms with van der Waals surface area (Å²) < 4.78 is 11.7. The van der Waals surface area contributed by atoms with Gasteiger partial charge >= 0.3 is 0 Å². The Morgan fingerprint density at radius 3 is 2.73 bits per heavy atom. The number of aliphatic hydroxyl groups excluding tert-OH is 1. The number of benzene rings is 1. The van der Waals surface area contributed by atoms with Gasteiger partial charge in [-0.15, -0.1) is 0 Å². The molecule has 0 aliphatic carbocycles. The standard InChI is InChI=1S/C22H33N3O5/c1-14-12-25(15(2)13-26)22(28)17-5-4-6-18(20(17)30-19(14)11-23-3)24-21(27)16-7-9-29-10-8-16/h4-6,14-16,19,23,26H,7-13H2,1-3H3,(H,24,27)/t14-,15+,19+/m1/s1. The molecular weight excluding hydrogens is 386 g/mol. The van der Waals surface area contributed by atoms with Crippen molar-refractivity contribution in [1.29, 1.82) is 0 Å². The average molecular weight is 420 g/mol. The summed E-state index contributed by atoms with van der Waals surface area (Å²) >= 11 is 0. The first kappa shape index (κ1) is 22.5. The van der Waals surface area contributed by atoms with Crippen molar-refractivity contribution in [2.45, 2.75) is 38.8 Å². The molecule has 2 amide bonds. The van der Waals surface area contributed by atoms with Crippen molar-refractivity contribution in [1.82, 2.24) is 10.2 Å². The summed E-state index contributed by atoms with van der Waals surface area (Å²) in [5.41, 5.74) is 0.900. The first-order valence-electron chi connectivity index (χ1n) is 10.7. The SMILES string of the molecule is CNC[C@@H]1Oc2c(NC(=O)C3CCOCC3)cccc2C(=O)N([C@@H](C)CO)C[C@H]1C. The largest absolute Gasteiger partial charge is 0.486 e. The monoisotopic (exact) mass is 419 g/mol. The van der Waals surface area contributed by atoms with Gasteiger partial charge in [-0.25, -0.2) is 0 Å². The molecule has 2 heterocycles. The molecule has 1 aromatic carbocycles. The second kappa shape index (κ2) is 10.2. The number of carbonyl (C=O) groups is 2. The normalized spacial score (nSPS) is 23.7. The molecule has 3 N–H and O–H groups in total. The zero-order valence-corrected chi connectivity index (χ0v) is 18.0. The quantitative estimate of drug-likeness (QED) is 0.646. The predicted octanol–water partition coefficient (Wildman–Crippen LogP) is 1.49. The number of aliphatic hydroxyl groups is 1. The first-order chi connectivity index (χ1) is 14.5. The Morgan fingerprint density at radius 1 is 1.33 bits per heavy atom. The number of hydrogen-bond donors (Lipinski definition) is 3. The highest BCUT2D eigenvalue weighted by atomic mass is 16.5. The van der Waals surface area contributed by atoms with E-state index >= 15 is 0 Å². The number of nitrogens with zero attached hydrogens (tertiary/aromatic N) is 1. The summed E-state index contributed by atoms with van der Waals surface area (Å²) in [7, 11) is 1.86. The van der Waals surface area contributed by atoms with Crippen LogP contribution in [0.1, 0.15) is 37.0 Å². The van der Waals surface area contributed by atoms with Crippen LogP contribution >= 0.6 is 0 Å². The zero-order valence-electron chi connectivity index (χ0n) is 18.0. The van der Waals surface area contributed by atoms with Crippen molar-refractivity contribution in [2.75, 3.05) is 45.3 Å². The van der Waals surface area contributed by atoms with Gasteiger partial charge in [0.15, 0.2) is 5.75 Å². The van der Waals surface area contributed by atoms with E-state index < -0.39 is 0 Å². The molecular formula is C22H33N3O5. The Morgan fingerprint density at radius 2 is 2.07 bits per heavy atom. The molecule has 166 valence electrons. The zero-order chi connectivity index (χ0) is 21.7. The Balaban J connectivity index is 1.96. The molecule has 0 spiro atoms. The summed E-state index contributed by atoms with van der Waals surface area (Å²) in [5.74, 6) is 0.0246. The van der Waals surface area contributed by atoms with Crippen molar-refractivity contribution < 1.29 is 24.2 Å². The third-order valence-electron chi connectivity index (χ3n) is 5.95. The lowest BCUT2D eigenvalue weighted by molar-refractivity contribution is -0.122. The van der Waals surface area contributed by atoms with Crippen LogP contribution in [-0.4, -0.2) is 73.9 Å². The lowest BCUT2D eigenvalue weighted by Gasteiger charge is -2.37. The van der Waals surface area contributed by atoms with Gasteiger partial charge in [-0.3, -0.25) is 9.59 Å². The Labute approximate surface area is 177 Å². The summed E-state index contributed by atoms with van der Waals surface area (Å²) in [6.45, 7) is 5.97. The summed E-state index contributed by atoms with van der Waals surface area (Å²) in [4.78, 5) is 27.8. The minimum absolute atomic E-state index is 0.0304. The van der Waals surface area contributed by atoms with E-state index in [4.69, 9.17) is 9.47 Å². The second-order valence-corrected chi connectivity index (χ2v) is 8.24.